The quantitative estimate of drug-likeness (QED) is 0.691. The Kier molecular flexibility index (Phi) is 2.88. The number of carboxylic acid groups (broad SMARTS) is 1. The van der Waals surface area contributed by atoms with Crippen molar-refractivity contribution < 1.29 is 14.7 Å². The monoisotopic (exact) mass is 226 g/mol. The standard InChI is InChI=1S/C11H18N2O3/c1-11(10(15)16)3-2-4-13(7-11)9(14)8-5-12-6-8/h8,12H,2-7H2,1H3,(H,15,16). The number of carbonyl (C=O) groups excluding carboxylic acids is 1. The number of amides is 1. The Hall–Kier alpha value is -1.10. The van der Waals surface area contributed by atoms with Crippen molar-refractivity contribution in [1.82, 2.24) is 10.2 Å². The summed E-state index contributed by atoms with van der Waals surface area (Å²) in [5, 5.41) is 12.2. The Morgan fingerprint density at radius 1 is 1.44 bits per heavy atom. The van der Waals surface area contributed by atoms with Gasteiger partial charge in [-0.05, 0) is 19.8 Å². The van der Waals surface area contributed by atoms with Crippen LogP contribution in [0.4, 0.5) is 0 Å². The van der Waals surface area contributed by atoms with Gasteiger partial charge in [-0.1, -0.05) is 0 Å². The predicted molar refractivity (Wildman–Crippen MR) is 57.9 cm³/mol. The predicted octanol–water partition coefficient (Wildman–Crippen LogP) is -0.0809. The first kappa shape index (κ1) is 11.4. The van der Waals surface area contributed by atoms with Crippen molar-refractivity contribution >= 4 is 11.9 Å². The van der Waals surface area contributed by atoms with Crippen LogP contribution < -0.4 is 5.32 Å². The molecule has 0 aromatic carbocycles. The summed E-state index contributed by atoms with van der Waals surface area (Å²) < 4.78 is 0. The van der Waals surface area contributed by atoms with E-state index in [-0.39, 0.29) is 11.8 Å². The van der Waals surface area contributed by atoms with Gasteiger partial charge in [-0.2, -0.15) is 0 Å². The smallest absolute Gasteiger partial charge is 0.311 e. The van der Waals surface area contributed by atoms with Crippen LogP contribution in [0.25, 0.3) is 0 Å². The first-order valence-corrected chi connectivity index (χ1v) is 5.76. The second-order valence-corrected chi connectivity index (χ2v) is 5.08. The van der Waals surface area contributed by atoms with E-state index in [2.05, 4.69) is 5.32 Å². The molecule has 0 saturated carbocycles. The summed E-state index contributed by atoms with van der Waals surface area (Å²) >= 11 is 0. The van der Waals surface area contributed by atoms with Crippen LogP contribution in [-0.4, -0.2) is 48.1 Å². The third-order valence-electron chi connectivity index (χ3n) is 3.66. The molecule has 2 aliphatic heterocycles. The fraction of sp³-hybridized carbons (Fsp3) is 0.818. The number of hydrogen-bond donors (Lipinski definition) is 2. The van der Waals surface area contributed by atoms with Crippen molar-refractivity contribution in [1.29, 1.82) is 0 Å². The minimum atomic E-state index is -0.795. The molecule has 16 heavy (non-hydrogen) atoms. The zero-order valence-corrected chi connectivity index (χ0v) is 9.53. The van der Waals surface area contributed by atoms with Gasteiger partial charge in [0.05, 0.1) is 11.3 Å². The summed E-state index contributed by atoms with van der Waals surface area (Å²) in [5.74, 6) is -0.612. The van der Waals surface area contributed by atoms with Crippen molar-refractivity contribution in [3.05, 3.63) is 0 Å². The summed E-state index contributed by atoms with van der Waals surface area (Å²) in [5.41, 5.74) is -0.759. The van der Waals surface area contributed by atoms with E-state index >= 15 is 0 Å². The second kappa shape index (κ2) is 4.05. The van der Waals surface area contributed by atoms with Gasteiger partial charge in [0.2, 0.25) is 5.91 Å². The summed E-state index contributed by atoms with van der Waals surface area (Å²) in [6.07, 6.45) is 1.45. The van der Waals surface area contributed by atoms with Crippen LogP contribution in [0.2, 0.25) is 0 Å². The molecule has 0 bridgehead atoms. The van der Waals surface area contributed by atoms with Crippen LogP contribution in [0.15, 0.2) is 0 Å². The summed E-state index contributed by atoms with van der Waals surface area (Å²) in [4.78, 5) is 24.9. The lowest BCUT2D eigenvalue weighted by molar-refractivity contribution is -0.154. The fourth-order valence-electron chi connectivity index (χ4n) is 2.32. The van der Waals surface area contributed by atoms with Crippen molar-refractivity contribution in [3.63, 3.8) is 0 Å². The van der Waals surface area contributed by atoms with Crippen molar-refractivity contribution in [2.24, 2.45) is 11.3 Å². The number of carbonyl (C=O) groups is 2. The molecule has 0 aliphatic carbocycles. The third kappa shape index (κ3) is 1.91. The molecular formula is C11H18N2O3. The Labute approximate surface area is 94.8 Å². The summed E-state index contributed by atoms with van der Waals surface area (Å²) in [6.45, 7) is 4.27. The molecule has 2 aliphatic rings. The van der Waals surface area contributed by atoms with Gasteiger partial charge in [-0.25, -0.2) is 0 Å². The van der Waals surface area contributed by atoms with E-state index in [1.807, 2.05) is 0 Å². The van der Waals surface area contributed by atoms with E-state index in [0.29, 0.717) is 19.5 Å². The maximum Gasteiger partial charge on any atom is 0.311 e. The van der Waals surface area contributed by atoms with Crippen molar-refractivity contribution in [2.75, 3.05) is 26.2 Å². The van der Waals surface area contributed by atoms with Crippen molar-refractivity contribution in [3.8, 4) is 0 Å². The van der Waals surface area contributed by atoms with E-state index in [9.17, 15) is 9.59 Å². The van der Waals surface area contributed by atoms with Gasteiger partial charge in [0, 0.05) is 26.2 Å². The van der Waals surface area contributed by atoms with Gasteiger partial charge < -0.3 is 15.3 Å². The highest BCUT2D eigenvalue weighted by molar-refractivity contribution is 5.82. The Bertz CT molecular complexity index is 314. The van der Waals surface area contributed by atoms with Gasteiger partial charge in [0.15, 0.2) is 0 Å². The third-order valence-corrected chi connectivity index (χ3v) is 3.66. The van der Waals surface area contributed by atoms with Gasteiger partial charge in [0.1, 0.15) is 0 Å². The Morgan fingerprint density at radius 2 is 2.12 bits per heavy atom. The lowest BCUT2D eigenvalue weighted by Gasteiger charge is -2.40. The molecule has 2 heterocycles. The molecule has 0 radical (unpaired) electrons. The number of piperidine rings is 1. The van der Waals surface area contributed by atoms with E-state index in [4.69, 9.17) is 5.11 Å². The molecule has 2 rings (SSSR count). The Morgan fingerprint density at radius 3 is 2.62 bits per heavy atom. The molecular weight excluding hydrogens is 208 g/mol. The minimum absolute atomic E-state index is 0.0659. The fourth-order valence-corrected chi connectivity index (χ4v) is 2.32. The summed E-state index contributed by atoms with van der Waals surface area (Å²) in [6, 6.07) is 0. The highest BCUT2D eigenvalue weighted by Gasteiger charge is 2.41. The van der Waals surface area contributed by atoms with Crippen LogP contribution in [0.1, 0.15) is 19.8 Å². The van der Waals surface area contributed by atoms with Gasteiger partial charge in [0.25, 0.3) is 0 Å². The van der Waals surface area contributed by atoms with Crippen LogP contribution in [0.3, 0.4) is 0 Å². The molecule has 1 atom stereocenters. The van der Waals surface area contributed by atoms with E-state index in [0.717, 1.165) is 19.5 Å². The number of hydrogen-bond acceptors (Lipinski definition) is 3. The first-order chi connectivity index (χ1) is 7.53. The molecule has 1 amide bonds. The average molecular weight is 226 g/mol. The number of aliphatic carboxylic acids is 1. The van der Waals surface area contributed by atoms with Crippen LogP contribution in [0.5, 0.6) is 0 Å². The summed E-state index contributed by atoms with van der Waals surface area (Å²) in [7, 11) is 0. The average Bonchev–Trinajstić information content (AvgIpc) is 2.15. The van der Waals surface area contributed by atoms with E-state index < -0.39 is 11.4 Å². The number of rotatable bonds is 2. The second-order valence-electron chi connectivity index (χ2n) is 5.08. The maximum absolute atomic E-state index is 12.0. The molecule has 90 valence electrons. The zero-order valence-electron chi connectivity index (χ0n) is 9.53. The highest BCUT2D eigenvalue weighted by Crippen LogP contribution is 2.30. The molecule has 2 fully saturated rings. The first-order valence-electron chi connectivity index (χ1n) is 5.76. The number of likely N-dealkylation sites (tertiary alicyclic amines) is 1. The Balaban J connectivity index is 2.00. The van der Waals surface area contributed by atoms with Crippen LogP contribution >= 0.6 is 0 Å². The SMILES string of the molecule is CC1(C(=O)O)CCCN(C(=O)C2CNC2)C1. The molecule has 2 saturated heterocycles. The topological polar surface area (TPSA) is 69.6 Å². The maximum atomic E-state index is 12.0. The minimum Gasteiger partial charge on any atom is -0.481 e. The zero-order chi connectivity index (χ0) is 11.8. The van der Waals surface area contributed by atoms with Crippen molar-refractivity contribution in [2.45, 2.75) is 19.8 Å². The van der Waals surface area contributed by atoms with Crippen LogP contribution in [-0.2, 0) is 9.59 Å². The van der Waals surface area contributed by atoms with Gasteiger partial charge in [-0.15, -0.1) is 0 Å². The van der Waals surface area contributed by atoms with E-state index in [1.54, 1.807) is 11.8 Å². The van der Waals surface area contributed by atoms with E-state index in [1.165, 1.54) is 0 Å². The number of nitrogens with zero attached hydrogens (tertiary/aromatic N) is 1. The van der Waals surface area contributed by atoms with Crippen LogP contribution in [0, 0.1) is 11.3 Å². The molecule has 0 spiro atoms. The number of carboxylic acids is 1. The lowest BCUT2D eigenvalue weighted by Crippen LogP contribution is -2.56. The molecule has 0 aromatic rings. The molecule has 2 N–H and O–H groups in total. The normalized spacial score (nSPS) is 30.9. The molecule has 0 aromatic heterocycles. The van der Waals surface area contributed by atoms with Gasteiger partial charge >= 0.3 is 5.97 Å². The molecule has 5 heteroatoms. The molecule has 1 unspecified atom stereocenters. The lowest BCUT2D eigenvalue weighted by atomic mass is 9.81. The largest absolute Gasteiger partial charge is 0.481 e. The number of nitrogens with one attached hydrogen (secondary N) is 1. The van der Waals surface area contributed by atoms with Gasteiger partial charge in [-0.3, -0.25) is 9.59 Å². The highest BCUT2D eigenvalue weighted by atomic mass is 16.4. The molecule has 5 nitrogen and oxygen atoms in total.